The van der Waals surface area contributed by atoms with Crippen molar-refractivity contribution in [2.24, 2.45) is 11.7 Å². The van der Waals surface area contributed by atoms with Gasteiger partial charge in [-0.15, -0.1) is 11.3 Å². The van der Waals surface area contributed by atoms with E-state index in [1.165, 1.54) is 4.70 Å². The average molecular weight is 260 g/mol. The maximum absolute atomic E-state index is 12.5. The molecule has 2 heterocycles. The van der Waals surface area contributed by atoms with Gasteiger partial charge in [0.1, 0.15) is 0 Å². The third-order valence-electron chi connectivity index (χ3n) is 3.62. The monoisotopic (exact) mass is 260 g/mol. The summed E-state index contributed by atoms with van der Waals surface area (Å²) in [4.78, 5) is 14.4. The van der Waals surface area contributed by atoms with Crippen molar-refractivity contribution in [2.75, 3.05) is 19.6 Å². The highest BCUT2D eigenvalue weighted by Gasteiger charge is 2.27. The van der Waals surface area contributed by atoms with Gasteiger partial charge in [0.15, 0.2) is 0 Å². The summed E-state index contributed by atoms with van der Waals surface area (Å²) >= 11 is 1.64. The van der Waals surface area contributed by atoms with Crippen LogP contribution in [0, 0.1) is 5.92 Å². The van der Waals surface area contributed by atoms with E-state index in [9.17, 15) is 4.79 Å². The van der Waals surface area contributed by atoms with E-state index in [0.29, 0.717) is 12.5 Å². The van der Waals surface area contributed by atoms with Gasteiger partial charge in [0.2, 0.25) is 0 Å². The molecule has 1 fully saturated rings. The molecule has 3 rings (SSSR count). The van der Waals surface area contributed by atoms with E-state index < -0.39 is 0 Å². The Morgan fingerprint density at radius 1 is 1.44 bits per heavy atom. The van der Waals surface area contributed by atoms with Crippen molar-refractivity contribution >= 4 is 27.3 Å². The molecule has 1 aromatic carbocycles. The molecule has 0 bridgehead atoms. The second-order valence-corrected chi connectivity index (χ2v) is 5.70. The molecule has 0 saturated carbocycles. The predicted octanol–water partition coefficient (Wildman–Crippen LogP) is 2.32. The standard InChI is InChI=1S/C14H16N2OS/c15-7-10-5-6-16(8-10)14(17)12-9-18-13-4-2-1-3-11(12)13/h1-4,9-10H,5-8,15H2/t10-/m1/s1. The van der Waals surface area contributed by atoms with E-state index in [0.717, 1.165) is 30.5 Å². The topological polar surface area (TPSA) is 46.3 Å². The lowest BCUT2D eigenvalue weighted by Crippen LogP contribution is -2.29. The minimum absolute atomic E-state index is 0.156. The van der Waals surface area contributed by atoms with Gasteiger partial charge in [0, 0.05) is 28.6 Å². The molecular weight excluding hydrogens is 244 g/mol. The van der Waals surface area contributed by atoms with Crippen molar-refractivity contribution in [3.05, 3.63) is 35.2 Å². The molecule has 1 amide bonds. The van der Waals surface area contributed by atoms with Gasteiger partial charge in [0.25, 0.3) is 5.91 Å². The van der Waals surface area contributed by atoms with Gasteiger partial charge in [-0.1, -0.05) is 18.2 Å². The number of carbonyl (C=O) groups excluding carboxylic acids is 1. The van der Waals surface area contributed by atoms with Crippen molar-refractivity contribution in [1.29, 1.82) is 0 Å². The Kier molecular flexibility index (Phi) is 3.06. The fourth-order valence-electron chi connectivity index (χ4n) is 2.52. The summed E-state index contributed by atoms with van der Waals surface area (Å²) in [6, 6.07) is 8.07. The average Bonchev–Trinajstić information content (AvgIpc) is 3.04. The molecule has 1 saturated heterocycles. The highest BCUT2D eigenvalue weighted by molar-refractivity contribution is 7.17. The molecule has 18 heavy (non-hydrogen) atoms. The summed E-state index contributed by atoms with van der Waals surface area (Å²) in [6.07, 6.45) is 1.03. The first-order valence-corrected chi connectivity index (χ1v) is 7.13. The van der Waals surface area contributed by atoms with Crippen LogP contribution in [0.3, 0.4) is 0 Å². The molecule has 1 atom stereocenters. The van der Waals surface area contributed by atoms with Gasteiger partial charge in [-0.25, -0.2) is 0 Å². The maximum atomic E-state index is 12.5. The van der Waals surface area contributed by atoms with Crippen LogP contribution >= 0.6 is 11.3 Å². The largest absolute Gasteiger partial charge is 0.338 e. The Morgan fingerprint density at radius 2 is 2.28 bits per heavy atom. The van der Waals surface area contributed by atoms with E-state index in [1.807, 2.05) is 28.5 Å². The summed E-state index contributed by atoms with van der Waals surface area (Å²) < 4.78 is 1.18. The molecular formula is C14H16N2OS. The summed E-state index contributed by atoms with van der Waals surface area (Å²) in [5.41, 5.74) is 6.51. The summed E-state index contributed by atoms with van der Waals surface area (Å²) in [5.74, 6) is 0.627. The molecule has 4 heteroatoms. The van der Waals surface area contributed by atoms with Crippen LogP contribution < -0.4 is 5.73 Å². The van der Waals surface area contributed by atoms with Gasteiger partial charge in [0.05, 0.1) is 5.56 Å². The number of hydrogen-bond acceptors (Lipinski definition) is 3. The smallest absolute Gasteiger partial charge is 0.255 e. The molecule has 0 aliphatic carbocycles. The highest BCUT2D eigenvalue weighted by atomic mass is 32.1. The molecule has 0 unspecified atom stereocenters. The molecule has 2 N–H and O–H groups in total. The number of likely N-dealkylation sites (tertiary alicyclic amines) is 1. The van der Waals surface area contributed by atoms with Gasteiger partial charge >= 0.3 is 0 Å². The molecule has 1 aromatic heterocycles. The summed E-state index contributed by atoms with van der Waals surface area (Å²) in [5, 5.41) is 3.05. The number of thiophene rings is 1. The number of fused-ring (bicyclic) bond motifs is 1. The van der Waals surface area contributed by atoms with Crippen molar-refractivity contribution in [3.8, 4) is 0 Å². The zero-order chi connectivity index (χ0) is 12.5. The first-order valence-electron chi connectivity index (χ1n) is 6.25. The van der Waals surface area contributed by atoms with Crippen molar-refractivity contribution in [3.63, 3.8) is 0 Å². The molecule has 1 aliphatic rings. The lowest BCUT2D eigenvalue weighted by molar-refractivity contribution is 0.0790. The van der Waals surface area contributed by atoms with E-state index in [1.54, 1.807) is 11.3 Å². The number of nitrogens with two attached hydrogens (primary N) is 1. The number of amides is 1. The van der Waals surface area contributed by atoms with Crippen LogP contribution in [0.2, 0.25) is 0 Å². The number of hydrogen-bond donors (Lipinski definition) is 1. The second-order valence-electron chi connectivity index (χ2n) is 4.79. The maximum Gasteiger partial charge on any atom is 0.255 e. The van der Waals surface area contributed by atoms with Crippen LogP contribution in [0.4, 0.5) is 0 Å². The van der Waals surface area contributed by atoms with Crippen LogP contribution in [-0.2, 0) is 0 Å². The minimum Gasteiger partial charge on any atom is -0.338 e. The molecule has 0 spiro atoms. The van der Waals surface area contributed by atoms with Crippen LogP contribution in [-0.4, -0.2) is 30.4 Å². The van der Waals surface area contributed by atoms with E-state index in [-0.39, 0.29) is 5.91 Å². The van der Waals surface area contributed by atoms with Gasteiger partial charge in [-0.3, -0.25) is 4.79 Å². The van der Waals surface area contributed by atoms with Gasteiger partial charge in [-0.05, 0) is 24.9 Å². The number of rotatable bonds is 2. The lowest BCUT2D eigenvalue weighted by atomic mass is 10.1. The normalized spacial score (nSPS) is 19.6. The fourth-order valence-corrected chi connectivity index (χ4v) is 3.46. The number of carbonyl (C=O) groups is 1. The minimum atomic E-state index is 0.156. The second kappa shape index (κ2) is 4.71. The predicted molar refractivity (Wildman–Crippen MR) is 74.9 cm³/mol. The third kappa shape index (κ3) is 1.91. The first-order chi connectivity index (χ1) is 8.79. The van der Waals surface area contributed by atoms with Crippen molar-refractivity contribution in [2.45, 2.75) is 6.42 Å². The Morgan fingerprint density at radius 3 is 3.06 bits per heavy atom. The van der Waals surface area contributed by atoms with Crippen LogP contribution in [0.15, 0.2) is 29.6 Å². The van der Waals surface area contributed by atoms with Crippen molar-refractivity contribution < 1.29 is 4.79 Å². The molecule has 94 valence electrons. The zero-order valence-corrected chi connectivity index (χ0v) is 11.0. The van der Waals surface area contributed by atoms with Gasteiger partial charge in [-0.2, -0.15) is 0 Å². The molecule has 3 nitrogen and oxygen atoms in total. The van der Waals surface area contributed by atoms with Crippen LogP contribution in [0.1, 0.15) is 16.8 Å². The van der Waals surface area contributed by atoms with Crippen LogP contribution in [0.5, 0.6) is 0 Å². The fraction of sp³-hybridized carbons (Fsp3) is 0.357. The van der Waals surface area contributed by atoms with E-state index in [4.69, 9.17) is 5.73 Å². The lowest BCUT2D eigenvalue weighted by Gasteiger charge is -2.15. The third-order valence-corrected chi connectivity index (χ3v) is 4.58. The van der Waals surface area contributed by atoms with Crippen LogP contribution in [0.25, 0.3) is 10.1 Å². The Bertz CT molecular complexity index is 578. The van der Waals surface area contributed by atoms with E-state index >= 15 is 0 Å². The molecule has 2 aromatic rings. The highest BCUT2D eigenvalue weighted by Crippen LogP contribution is 2.28. The molecule has 0 radical (unpaired) electrons. The number of benzene rings is 1. The quantitative estimate of drug-likeness (QED) is 0.900. The Labute approximate surface area is 110 Å². The summed E-state index contributed by atoms with van der Waals surface area (Å²) in [6.45, 7) is 2.32. The SMILES string of the molecule is NC[C@H]1CCN(C(=O)c2csc3ccccc23)C1. The number of nitrogens with zero attached hydrogens (tertiary/aromatic N) is 1. The Balaban J connectivity index is 1.89. The Hall–Kier alpha value is -1.39. The molecule has 1 aliphatic heterocycles. The zero-order valence-electron chi connectivity index (χ0n) is 10.1. The van der Waals surface area contributed by atoms with Gasteiger partial charge < -0.3 is 10.6 Å². The van der Waals surface area contributed by atoms with E-state index in [2.05, 4.69) is 6.07 Å². The first kappa shape index (κ1) is 11.7. The van der Waals surface area contributed by atoms with Crippen molar-refractivity contribution in [1.82, 2.24) is 4.90 Å². The summed E-state index contributed by atoms with van der Waals surface area (Å²) in [7, 11) is 0.